The molecule has 0 unspecified atom stereocenters. The van der Waals surface area contributed by atoms with Gasteiger partial charge in [-0.2, -0.15) is 5.10 Å². The molecule has 0 bridgehead atoms. The molecule has 0 aliphatic carbocycles. The van der Waals surface area contributed by atoms with Crippen LogP contribution in [-0.4, -0.2) is 37.9 Å². The van der Waals surface area contributed by atoms with Gasteiger partial charge in [0.05, 0.1) is 30.9 Å². The number of carbonyl (C=O) groups is 1. The van der Waals surface area contributed by atoms with E-state index in [9.17, 15) is 18.7 Å². The zero-order valence-corrected chi connectivity index (χ0v) is 15.1. The normalized spacial score (nSPS) is 11.0. The van der Waals surface area contributed by atoms with Crippen molar-refractivity contribution < 1.29 is 23.4 Å². The molecule has 4 rings (SSSR count). The minimum atomic E-state index is -1.25. The summed E-state index contributed by atoms with van der Waals surface area (Å²) in [6.07, 6.45) is 4.48. The Morgan fingerprint density at radius 2 is 1.79 bits per heavy atom. The number of methoxy groups -OCH3 is 1. The molecule has 4 aromatic rings. The quantitative estimate of drug-likeness (QED) is 0.555. The van der Waals surface area contributed by atoms with E-state index in [1.807, 2.05) is 0 Å². The average molecular weight is 396 g/mol. The number of fused-ring (bicyclic) bond motifs is 1. The van der Waals surface area contributed by atoms with E-state index in [0.717, 1.165) is 6.07 Å². The third kappa shape index (κ3) is 3.62. The Morgan fingerprint density at radius 1 is 1.07 bits per heavy atom. The van der Waals surface area contributed by atoms with Gasteiger partial charge in [-0.25, -0.2) is 23.5 Å². The first-order chi connectivity index (χ1) is 13.9. The molecular weight excluding hydrogens is 382 g/mol. The number of hydrogen-bond acceptors (Lipinski definition) is 5. The Labute approximate surface area is 163 Å². The van der Waals surface area contributed by atoms with Crippen LogP contribution >= 0.6 is 0 Å². The number of carboxylic acids is 1. The van der Waals surface area contributed by atoms with Crippen LogP contribution in [0.2, 0.25) is 0 Å². The molecule has 2 heterocycles. The maximum Gasteiger partial charge on any atom is 0.338 e. The van der Waals surface area contributed by atoms with E-state index in [0.29, 0.717) is 33.6 Å². The summed E-state index contributed by atoms with van der Waals surface area (Å²) < 4.78 is 33.8. The van der Waals surface area contributed by atoms with Gasteiger partial charge in [0.2, 0.25) is 0 Å². The zero-order chi connectivity index (χ0) is 20.5. The first kappa shape index (κ1) is 18.5. The number of carboxylic acid groups (broad SMARTS) is 1. The number of ether oxygens (including phenoxy) is 1. The van der Waals surface area contributed by atoms with Crippen molar-refractivity contribution in [2.45, 2.75) is 6.54 Å². The van der Waals surface area contributed by atoms with Crippen LogP contribution in [0.3, 0.4) is 0 Å². The Hall–Kier alpha value is -3.88. The summed E-state index contributed by atoms with van der Waals surface area (Å²) in [5.41, 5.74) is 1.23. The largest absolute Gasteiger partial charge is 0.497 e. The molecule has 2 aromatic heterocycles. The number of rotatable bonds is 5. The van der Waals surface area contributed by atoms with Crippen molar-refractivity contribution in [3.05, 3.63) is 71.7 Å². The van der Waals surface area contributed by atoms with Crippen LogP contribution in [0.1, 0.15) is 15.9 Å². The van der Waals surface area contributed by atoms with Crippen molar-refractivity contribution >= 4 is 16.9 Å². The molecule has 0 radical (unpaired) electrons. The molecule has 0 amide bonds. The Balaban J connectivity index is 1.66. The second kappa shape index (κ2) is 7.27. The SMILES string of the molecule is COc1cc(F)cc(-c2ncc(Cn3ncc4cc(F)cc(C(=O)O)c43)cn2)c1. The molecule has 0 saturated carbocycles. The average Bonchev–Trinajstić information content (AvgIpc) is 3.09. The third-order valence-electron chi connectivity index (χ3n) is 4.33. The fourth-order valence-corrected chi connectivity index (χ4v) is 3.05. The van der Waals surface area contributed by atoms with Gasteiger partial charge < -0.3 is 9.84 Å². The van der Waals surface area contributed by atoms with E-state index >= 15 is 0 Å². The van der Waals surface area contributed by atoms with Crippen LogP contribution in [0.25, 0.3) is 22.3 Å². The number of nitrogens with zero attached hydrogens (tertiary/aromatic N) is 4. The van der Waals surface area contributed by atoms with Crippen LogP contribution in [-0.2, 0) is 6.54 Å². The summed E-state index contributed by atoms with van der Waals surface area (Å²) in [6, 6.07) is 6.35. The summed E-state index contributed by atoms with van der Waals surface area (Å²) in [6.45, 7) is 0.183. The number of aromatic carboxylic acids is 1. The first-order valence-electron chi connectivity index (χ1n) is 8.49. The molecule has 2 aromatic carbocycles. The molecule has 0 saturated heterocycles. The van der Waals surface area contributed by atoms with E-state index in [1.165, 1.54) is 48.6 Å². The van der Waals surface area contributed by atoms with Crippen molar-refractivity contribution in [2.24, 2.45) is 0 Å². The van der Waals surface area contributed by atoms with Crippen LogP contribution in [0.5, 0.6) is 5.75 Å². The van der Waals surface area contributed by atoms with Gasteiger partial charge in [-0.1, -0.05) is 0 Å². The van der Waals surface area contributed by atoms with Crippen LogP contribution in [0.4, 0.5) is 8.78 Å². The molecule has 9 heteroatoms. The van der Waals surface area contributed by atoms with Crippen molar-refractivity contribution in [1.82, 2.24) is 19.7 Å². The number of halogens is 2. The third-order valence-corrected chi connectivity index (χ3v) is 4.33. The maximum atomic E-state index is 13.7. The second-order valence-corrected chi connectivity index (χ2v) is 6.29. The zero-order valence-electron chi connectivity index (χ0n) is 15.1. The summed E-state index contributed by atoms with van der Waals surface area (Å²) in [7, 11) is 1.44. The van der Waals surface area contributed by atoms with Crippen molar-refractivity contribution in [2.75, 3.05) is 7.11 Å². The Morgan fingerprint density at radius 3 is 2.48 bits per heavy atom. The number of benzene rings is 2. The smallest absolute Gasteiger partial charge is 0.338 e. The van der Waals surface area contributed by atoms with Crippen LogP contribution < -0.4 is 4.74 Å². The highest BCUT2D eigenvalue weighted by Crippen LogP contribution is 2.24. The summed E-state index contributed by atoms with van der Waals surface area (Å²) >= 11 is 0. The van der Waals surface area contributed by atoms with E-state index in [-0.39, 0.29) is 12.1 Å². The molecule has 0 spiro atoms. The molecule has 1 N–H and O–H groups in total. The standard InChI is InChI=1S/C20H14F2N4O3/c1-29-16-4-12(2-14(21)5-16)19-23-7-11(8-24-19)10-26-18-13(9-25-26)3-15(22)6-17(18)20(27)28/h2-9H,10H2,1H3,(H,27,28). The van der Waals surface area contributed by atoms with Gasteiger partial charge in [0.25, 0.3) is 0 Å². The summed E-state index contributed by atoms with van der Waals surface area (Å²) in [5, 5.41) is 13.9. The molecule has 0 aliphatic heterocycles. The first-order valence-corrected chi connectivity index (χ1v) is 8.49. The van der Waals surface area contributed by atoms with Crippen molar-refractivity contribution in [3.8, 4) is 17.1 Å². The van der Waals surface area contributed by atoms with Gasteiger partial charge in [-0.15, -0.1) is 0 Å². The van der Waals surface area contributed by atoms with Gasteiger partial charge in [0.1, 0.15) is 17.4 Å². The van der Waals surface area contributed by atoms with Crippen molar-refractivity contribution in [3.63, 3.8) is 0 Å². The molecule has 0 aliphatic rings. The van der Waals surface area contributed by atoms with E-state index in [1.54, 1.807) is 6.07 Å². The molecule has 29 heavy (non-hydrogen) atoms. The second-order valence-electron chi connectivity index (χ2n) is 6.29. The predicted molar refractivity (Wildman–Crippen MR) is 99.7 cm³/mol. The lowest BCUT2D eigenvalue weighted by Gasteiger charge is -2.08. The minimum Gasteiger partial charge on any atom is -0.497 e. The summed E-state index contributed by atoms with van der Waals surface area (Å²) in [5.74, 6) is -1.70. The number of hydrogen-bond donors (Lipinski definition) is 1. The minimum absolute atomic E-state index is 0.179. The van der Waals surface area contributed by atoms with E-state index in [4.69, 9.17) is 4.74 Å². The highest BCUT2D eigenvalue weighted by atomic mass is 19.1. The van der Waals surface area contributed by atoms with Crippen molar-refractivity contribution in [1.29, 1.82) is 0 Å². The van der Waals surface area contributed by atoms with Gasteiger partial charge in [-0.05, 0) is 24.3 Å². The van der Waals surface area contributed by atoms with Gasteiger partial charge >= 0.3 is 5.97 Å². The van der Waals surface area contributed by atoms with Crippen LogP contribution in [0, 0.1) is 11.6 Å². The Bertz CT molecular complexity index is 1220. The maximum absolute atomic E-state index is 13.7. The van der Waals surface area contributed by atoms with Gasteiger partial charge in [0, 0.05) is 35.0 Å². The summed E-state index contributed by atoms with van der Waals surface area (Å²) in [4.78, 5) is 20.0. The van der Waals surface area contributed by atoms with E-state index < -0.39 is 17.6 Å². The predicted octanol–water partition coefficient (Wildman–Crippen LogP) is 3.53. The van der Waals surface area contributed by atoms with E-state index in [2.05, 4.69) is 15.1 Å². The lowest BCUT2D eigenvalue weighted by Crippen LogP contribution is -2.07. The highest BCUT2D eigenvalue weighted by molar-refractivity contribution is 6.02. The topological polar surface area (TPSA) is 90.1 Å². The highest BCUT2D eigenvalue weighted by Gasteiger charge is 2.16. The van der Waals surface area contributed by atoms with Gasteiger partial charge in [0.15, 0.2) is 5.82 Å². The Kier molecular flexibility index (Phi) is 4.63. The molecule has 7 nitrogen and oxygen atoms in total. The van der Waals surface area contributed by atoms with Gasteiger partial charge in [-0.3, -0.25) is 4.68 Å². The lowest BCUT2D eigenvalue weighted by atomic mass is 10.1. The molecule has 0 atom stereocenters. The molecular formula is C20H14F2N4O3. The number of aromatic nitrogens is 4. The lowest BCUT2D eigenvalue weighted by molar-refractivity contribution is 0.0698. The fraction of sp³-hybridized carbons (Fsp3) is 0.100. The monoisotopic (exact) mass is 396 g/mol. The molecule has 0 fully saturated rings. The molecule has 146 valence electrons. The van der Waals surface area contributed by atoms with Crippen LogP contribution in [0.15, 0.2) is 48.9 Å². The fourth-order valence-electron chi connectivity index (χ4n) is 3.05.